The van der Waals surface area contributed by atoms with Crippen molar-refractivity contribution in [2.45, 2.75) is 57.7 Å². The van der Waals surface area contributed by atoms with E-state index in [1.54, 1.807) is 0 Å². The number of fused-ring (bicyclic) bond motifs is 1. The molecule has 2 atom stereocenters. The van der Waals surface area contributed by atoms with E-state index in [2.05, 4.69) is 24.1 Å². The summed E-state index contributed by atoms with van der Waals surface area (Å²) >= 11 is 0. The molecule has 4 heteroatoms. The van der Waals surface area contributed by atoms with E-state index in [1.165, 1.54) is 38.8 Å². The van der Waals surface area contributed by atoms with Gasteiger partial charge >= 0.3 is 0 Å². The summed E-state index contributed by atoms with van der Waals surface area (Å²) in [5.41, 5.74) is 0. The Morgan fingerprint density at radius 3 is 2.83 bits per heavy atom. The number of amides is 1. The van der Waals surface area contributed by atoms with Gasteiger partial charge in [0.2, 0.25) is 5.91 Å². The second-order valence-corrected chi connectivity index (χ2v) is 5.97. The Kier molecular flexibility index (Phi) is 4.62. The molecule has 0 saturated carbocycles. The van der Waals surface area contributed by atoms with Gasteiger partial charge in [-0.2, -0.15) is 0 Å². The fourth-order valence-electron chi connectivity index (χ4n) is 3.12. The summed E-state index contributed by atoms with van der Waals surface area (Å²) in [6.45, 7) is 7.05. The van der Waals surface area contributed by atoms with Crippen LogP contribution in [0, 0.1) is 0 Å². The van der Waals surface area contributed by atoms with Crippen LogP contribution < -0.4 is 5.32 Å². The molecule has 2 aliphatic heterocycles. The Morgan fingerprint density at radius 1 is 1.33 bits per heavy atom. The Morgan fingerprint density at radius 2 is 2.11 bits per heavy atom. The standard InChI is InChI=1S/C14H27N3O/c1-11(2)16(3)14(18)10-15-12-7-9-17-8-5-4-6-13(12)17/h11-13,15H,4-10H2,1-3H3. The molecule has 0 aromatic heterocycles. The molecular weight excluding hydrogens is 226 g/mol. The molecule has 2 heterocycles. The average molecular weight is 253 g/mol. The molecule has 4 nitrogen and oxygen atoms in total. The van der Waals surface area contributed by atoms with E-state index < -0.39 is 0 Å². The summed E-state index contributed by atoms with van der Waals surface area (Å²) < 4.78 is 0. The molecule has 2 aliphatic rings. The lowest BCUT2D eigenvalue weighted by molar-refractivity contribution is -0.130. The van der Waals surface area contributed by atoms with Crippen LogP contribution in [-0.4, -0.2) is 60.5 Å². The highest BCUT2D eigenvalue weighted by molar-refractivity contribution is 5.78. The minimum absolute atomic E-state index is 0.208. The van der Waals surface area contributed by atoms with Crippen LogP contribution in [0.3, 0.4) is 0 Å². The topological polar surface area (TPSA) is 35.6 Å². The highest BCUT2D eigenvalue weighted by Crippen LogP contribution is 2.26. The number of likely N-dealkylation sites (N-methyl/N-ethyl adjacent to an activating group) is 1. The molecule has 2 saturated heterocycles. The Hall–Kier alpha value is -0.610. The van der Waals surface area contributed by atoms with E-state index >= 15 is 0 Å². The number of nitrogens with zero attached hydrogens (tertiary/aromatic N) is 2. The molecule has 0 aliphatic carbocycles. The van der Waals surface area contributed by atoms with Crippen LogP contribution in [-0.2, 0) is 4.79 Å². The molecule has 2 unspecified atom stereocenters. The van der Waals surface area contributed by atoms with E-state index in [0.29, 0.717) is 18.6 Å². The third-order valence-electron chi connectivity index (χ3n) is 4.54. The van der Waals surface area contributed by atoms with Crippen molar-refractivity contribution in [3.8, 4) is 0 Å². The van der Waals surface area contributed by atoms with Gasteiger partial charge < -0.3 is 10.2 Å². The summed E-state index contributed by atoms with van der Waals surface area (Å²) in [7, 11) is 1.89. The zero-order valence-corrected chi connectivity index (χ0v) is 12.0. The van der Waals surface area contributed by atoms with Gasteiger partial charge in [0, 0.05) is 31.7 Å². The maximum absolute atomic E-state index is 12.0. The number of carbonyl (C=O) groups excluding carboxylic acids is 1. The van der Waals surface area contributed by atoms with Gasteiger partial charge in [-0.15, -0.1) is 0 Å². The second-order valence-electron chi connectivity index (χ2n) is 5.97. The number of carbonyl (C=O) groups is 1. The third kappa shape index (κ3) is 3.04. The van der Waals surface area contributed by atoms with E-state index in [0.717, 1.165) is 0 Å². The highest BCUT2D eigenvalue weighted by atomic mass is 16.2. The van der Waals surface area contributed by atoms with Crippen LogP contribution in [0.4, 0.5) is 0 Å². The SMILES string of the molecule is CC(C)N(C)C(=O)CNC1CCN2CCCCC12. The summed E-state index contributed by atoms with van der Waals surface area (Å²) in [5.74, 6) is 0.208. The predicted octanol–water partition coefficient (Wildman–Crippen LogP) is 1.07. The molecule has 0 spiro atoms. The van der Waals surface area contributed by atoms with E-state index in [4.69, 9.17) is 0 Å². The first-order chi connectivity index (χ1) is 8.59. The molecule has 0 radical (unpaired) electrons. The minimum atomic E-state index is 0.208. The number of piperidine rings is 1. The molecule has 0 bridgehead atoms. The highest BCUT2D eigenvalue weighted by Gasteiger charge is 2.35. The molecular formula is C14H27N3O. The summed E-state index contributed by atoms with van der Waals surface area (Å²) in [6.07, 6.45) is 5.19. The van der Waals surface area contributed by atoms with Gasteiger partial charge in [0.15, 0.2) is 0 Å². The van der Waals surface area contributed by atoms with Crippen LogP contribution in [0.1, 0.15) is 39.5 Å². The zero-order chi connectivity index (χ0) is 13.1. The largest absolute Gasteiger partial charge is 0.342 e. The molecule has 104 valence electrons. The van der Waals surface area contributed by atoms with Gasteiger partial charge in [0.25, 0.3) is 0 Å². The maximum atomic E-state index is 12.0. The Balaban J connectivity index is 1.78. The molecule has 1 amide bonds. The van der Waals surface area contributed by atoms with Gasteiger partial charge in [-0.1, -0.05) is 6.42 Å². The van der Waals surface area contributed by atoms with Crippen molar-refractivity contribution in [1.29, 1.82) is 0 Å². The van der Waals surface area contributed by atoms with Crippen LogP contribution in [0.15, 0.2) is 0 Å². The van der Waals surface area contributed by atoms with E-state index in [-0.39, 0.29) is 11.9 Å². The number of hydrogen-bond donors (Lipinski definition) is 1. The van der Waals surface area contributed by atoms with Crippen molar-refractivity contribution in [2.24, 2.45) is 0 Å². The molecule has 2 fully saturated rings. The smallest absolute Gasteiger partial charge is 0.236 e. The third-order valence-corrected chi connectivity index (χ3v) is 4.54. The van der Waals surface area contributed by atoms with Crippen molar-refractivity contribution in [1.82, 2.24) is 15.1 Å². The average Bonchev–Trinajstić information content (AvgIpc) is 2.78. The Bertz CT molecular complexity index is 293. The number of rotatable bonds is 4. The van der Waals surface area contributed by atoms with Crippen molar-refractivity contribution < 1.29 is 4.79 Å². The van der Waals surface area contributed by atoms with Crippen LogP contribution in [0.25, 0.3) is 0 Å². The lowest BCUT2D eigenvalue weighted by Gasteiger charge is -2.33. The molecule has 0 aromatic carbocycles. The van der Waals surface area contributed by atoms with E-state index in [1.807, 2.05) is 11.9 Å². The molecule has 18 heavy (non-hydrogen) atoms. The summed E-state index contributed by atoms with van der Waals surface area (Å²) in [5, 5.41) is 3.48. The fraction of sp³-hybridized carbons (Fsp3) is 0.929. The fourth-order valence-corrected chi connectivity index (χ4v) is 3.12. The lowest BCUT2D eigenvalue weighted by atomic mass is 9.99. The summed E-state index contributed by atoms with van der Waals surface area (Å²) in [6, 6.07) is 1.49. The first-order valence-electron chi connectivity index (χ1n) is 7.32. The van der Waals surface area contributed by atoms with Crippen LogP contribution >= 0.6 is 0 Å². The Labute approximate surface area is 111 Å². The second kappa shape index (κ2) is 6.02. The van der Waals surface area contributed by atoms with Gasteiger partial charge in [-0.05, 0) is 39.7 Å². The van der Waals surface area contributed by atoms with Gasteiger partial charge in [-0.25, -0.2) is 0 Å². The van der Waals surface area contributed by atoms with Crippen LogP contribution in [0.5, 0.6) is 0 Å². The summed E-state index contributed by atoms with van der Waals surface area (Å²) in [4.78, 5) is 16.4. The minimum Gasteiger partial charge on any atom is -0.342 e. The first-order valence-corrected chi connectivity index (χ1v) is 7.32. The van der Waals surface area contributed by atoms with Crippen molar-refractivity contribution in [3.05, 3.63) is 0 Å². The number of nitrogens with one attached hydrogen (secondary N) is 1. The van der Waals surface area contributed by atoms with Gasteiger partial charge in [0.05, 0.1) is 6.54 Å². The predicted molar refractivity (Wildman–Crippen MR) is 73.5 cm³/mol. The molecule has 2 rings (SSSR count). The lowest BCUT2D eigenvalue weighted by Crippen LogP contribution is -2.48. The maximum Gasteiger partial charge on any atom is 0.236 e. The number of hydrogen-bond acceptors (Lipinski definition) is 3. The quantitative estimate of drug-likeness (QED) is 0.814. The van der Waals surface area contributed by atoms with Crippen molar-refractivity contribution in [2.75, 3.05) is 26.7 Å². The van der Waals surface area contributed by atoms with Crippen molar-refractivity contribution >= 4 is 5.91 Å². The van der Waals surface area contributed by atoms with Crippen molar-refractivity contribution in [3.63, 3.8) is 0 Å². The normalized spacial score (nSPS) is 28.4. The van der Waals surface area contributed by atoms with Gasteiger partial charge in [0.1, 0.15) is 0 Å². The molecule has 1 N–H and O–H groups in total. The van der Waals surface area contributed by atoms with E-state index in [9.17, 15) is 4.79 Å². The zero-order valence-electron chi connectivity index (χ0n) is 12.0. The monoisotopic (exact) mass is 253 g/mol. The van der Waals surface area contributed by atoms with Gasteiger partial charge in [-0.3, -0.25) is 9.69 Å². The van der Waals surface area contributed by atoms with Crippen LogP contribution in [0.2, 0.25) is 0 Å². The molecule has 0 aromatic rings. The first kappa shape index (κ1) is 13.8.